The largest absolute Gasteiger partial charge is 0.493 e. The van der Waals surface area contributed by atoms with Crippen molar-refractivity contribution < 1.29 is 23.8 Å². The zero-order chi connectivity index (χ0) is 23.5. The molecular weight excluding hydrogens is 406 g/mol. The smallest absolute Gasteiger partial charge is 0.333 e. The van der Waals surface area contributed by atoms with Crippen LogP contribution >= 0.6 is 0 Å². The minimum Gasteiger partial charge on any atom is -0.493 e. The maximum absolute atomic E-state index is 11.6. The number of fused-ring (bicyclic) bond motifs is 1. The van der Waals surface area contributed by atoms with E-state index in [0.29, 0.717) is 19.4 Å². The molecule has 172 valence electrons. The molecular formula is C26H33NO5. The second kappa shape index (κ2) is 9.74. The topological polar surface area (TPSA) is 81.8 Å². The van der Waals surface area contributed by atoms with Gasteiger partial charge >= 0.3 is 5.97 Å². The van der Waals surface area contributed by atoms with Gasteiger partial charge in [-0.15, -0.1) is 0 Å². The number of hydrogen-bond donors (Lipinski definition) is 1. The number of nitrogens with zero attached hydrogens (tertiary/aromatic N) is 1. The summed E-state index contributed by atoms with van der Waals surface area (Å²) in [6.45, 7) is 12.3. The van der Waals surface area contributed by atoms with E-state index in [1.807, 2.05) is 57.2 Å². The Morgan fingerprint density at radius 1 is 1.12 bits per heavy atom. The number of carboxylic acid groups (broad SMARTS) is 1. The summed E-state index contributed by atoms with van der Waals surface area (Å²) < 4.78 is 17.5. The molecule has 1 heterocycles. The van der Waals surface area contributed by atoms with Crippen LogP contribution in [0.15, 0.2) is 40.8 Å². The molecule has 0 radical (unpaired) electrons. The number of aliphatic carboxylic acids is 1. The zero-order valence-corrected chi connectivity index (χ0v) is 19.8. The lowest BCUT2D eigenvalue weighted by atomic mass is 9.97. The van der Waals surface area contributed by atoms with Crippen molar-refractivity contribution in [1.82, 2.24) is 4.98 Å². The van der Waals surface area contributed by atoms with E-state index in [9.17, 15) is 9.90 Å². The number of aromatic nitrogens is 1. The van der Waals surface area contributed by atoms with Crippen molar-refractivity contribution in [3.63, 3.8) is 0 Å². The Labute approximate surface area is 189 Å². The number of oxazole rings is 1. The monoisotopic (exact) mass is 439 g/mol. The first kappa shape index (κ1) is 23.8. The highest BCUT2D eigenvalue weighted by Crippen LogP contribution is 2.30. The van der Waals surface area contributed by atoms with Crippen LogP contribution in [0.5, 0.6) is 5.75 Å². The molecule has 2 aromatic carbocycles. The summed E-state index contributed by atoms with van der Waals surface area (Å²) in [5, 5.41) is 11.5. The predicted molar refractivity (Wildman–Crippen MR) is 124 cm³/mol. The average molecular weight is 440 g/mol. The third kappa shape index (κ3) is 5.68. The van der Waals surface area contributed by atoms with Crippen molar-refractivity contribution in [2.75, 3.05) is 6.61 Å². The van der Waals surface area contributed by atoms with Gasteiger partial charge < -0.3 is 19.0 Å². The first-order chi connectivity index (χ1) is 15.1. The molecule has 0 saturated carbocycles. The van der Waals surface area contributed by atoms with Gasteiger partial charge in [0, 0.05) is 23.6 Å². The fourth-order valence-corrected chi connectivity index (χ4v) is 3.60. The van der Waals surface area contributed by atoms with Crippen molar-refractivity contribution in [3.05, 3.63) is 59.3 Å². The molecule has 0 spiro atoms. The summed E-state index contributed by atoms with van der Waals surface area (Å²) in [5.74, 6) is 1.36. The van der Waals surface area contributed by atoms with E-state index in [1.165, 1.54) is 0 Å². The van der Waals surface area contributed by atoms with Crippen LogP contribution in [0.1, 0.15) is 57.5 Å². The molecule has 6 nitrogen and oxygen atoms in total. The van der Waals surface area contributed by atoms with Crippen molar-refractivity contribution in [2.45, 2.75) is 72.0 Å². The number of rotatable bonds is 9. The number of hydrogen-bond acceptors (Lipinski definition) is 5. The van der Waals surface area contributed by atoms with Crippen LogP contribution in [-0.2, 0) is 27.8 Å². The Bertz CT molecular complexity index is 1080. The van der Waals surface area contributed by atoms with E-state index >= 15 is 0 Å². The predicted octanol–water partition coefficient (Wildman–Crippen LogP) is 5.48. The highest BCUT2D eigenvalue weighted by molar-refractivity contribution is 5.91. The molecule has 32 heavy (non-hydrogen) atoms. The van der Waals surface area contributed by atoms with E-state index in [4.69, 9.17) is 13.9 Å². The Morgan fingerprint density at radius 2 is 1.81 bits per heavy atom. The minimum absolute atomic E-state index is 0.136. The molecule has 6 heteroatoms. The Balaban J connectivity index is 1.77. The zero-order valence-electron chi connectivity index (χ0n) is 19.8. The second-order valence-electron chi connectivity index (χ2n) is 9.35. The Kier molecular flexibility index (Phi) is 7.24. The van der Waals surface area contributed by atoms with Crippen molar-refractivity contribution in [3.8, 4) is 5.75 Å². The molecule has 0 bridgehead atoms. The lowest BCUT2D eigenvalue weighted by molar-refractivity contribution is -0.153. The highest BCUT2D eigenvalue weighted by Gasteiger charge is 2.23. The number of aryl methyl sites for hydroxylation is 1. The fourth-order valence-electron chi connectivity index (χ4n) is 3.60. The van der Waals surface area contributed by atoms with E-state index in [1.54, 1.807) is 0 Å². The van der Waals surface area contributed by atoms with Gasteiger partial charge in [0.05, 0.1) is 18.4 Å². The summed E-state index contributed by atoms with van der Waals surface area (Å²) in [6.07, 6.45) is -0.117. The van der Waals surface area contributed by atoms with Crippen LogP contribution in [-0.4, -0.2) is 34.9 Å². The van der Waals surface area contributed by atoms with Gasteiger partial charge in [0.1, 0.15) is 11.5 Å². The lowest BCUT2D eigenvalue weighted by Crippen LogP contribution is -2.29. The SMILES string of the molecule is Cc1oc(C(C)(C)C)nc1CCOc1ccc(CC(OC(C)C)C(=O)O)c2ccccc12. The molecule has 0 aliphatic heterocycles. The number of benzene rings is 2. The molecule has 1 atom stereocenters. The van der Waals surface area contributed by atoms with E-state index in [2.05, 4.69) is 25.8 Å². The van der Waals surface area contributed by atoms with Gasteiger partial charge in [-0.05, 0) is 37.8 Å². The summed E-state index contributed by atoms with van der Waals surface area (Å²) in [4.78, 5) is 16.3. The molecule has 1 aromatic heterocycles. The second-order valence-corrected chi connectivity index (χ2v) is 9.35. The molecule has 1 N–H and O–H groups in total. The van der Waals surface area contributed by atoms with Crippen LogP contribution in [0.3, 0.4) is 0 Å². The standard InChI is InChI=1S/C26H33NO5/c1-16(2)31-23(24(28)29)15-18-11-12-22(20-10-8-7-9-19(18)20)30-14-13-21-17(3)32-25(27-21)26(4,5)6/h7-12,16,23H,13-15H2,1-6H3,(H,28,29). The van der Waals surface area contributed by atoms with Gasteiger partial charge in [0.15, 0.2) is 12.0 Å². The highest BCUT2D eigenvalue weighted by atomic mass is 16.5. The summed E-state index contributed by atoms with van der Waals surface area (Å²) >= 11 is 0. The first-order valence-electron chi connectivity index (χ1n) is 11.0. The third-order valence-corrected chi connectivity index (χ3v) is 5.22. The molecule has 0 aliphatic carbocycles. The molecule has 0 saturated heterocycles. The van der Waals surface area contributed by atoms with Gasteiger partial charge in [0.2, 0.25) is 0 Å². The normalized spacial score (nSPS) is 13.0. The average Bonchev–Trinajstić information content (AvgIpc) is 3.09. The molecule has 0 amide bonds. The maximum Gasteiger partial charge on any atom is 0.333 e. The van der Waals surface area contributed by atoms with Gasteiger partial charge in [-0.25, -0.2) is 9.78 Å². The molecule has 3 aromatic rings. The number of ether oxygens (including phenoxy) is 2. The van der Waals surface area contributed by atoms with Crippen molar-refractivity contribution in [1.29, 1.82) is 0 Å². The summed E-state index contributed by atoms with van der Waals surface area (Å²) in [5.41, 5.74) is 1.69. The quantitative estimate of drug-likeness (QED) is 0.476. The van der Waals surface area contributed by atoms with Crippen LogP contribution in [0.25, 0.3) is 10.8 Å². The molecule has 0 fully saturated rings. The van der Waals surface area contributed by atoms with Gasteiger partial charge in [0.25, 0.3) is 0 Å². The van der Waals surface area contributed by atoms with Crippen LogP contribution in [0, 0.1) is 6.92 Å². The Morgan fingerprint density at radius 3 is 2.41 bits per heavy atom. The third-order valence-electron chi connectivity index (χ3n) is 5.22. The van der Waals surface area contributed by atoms with E-state index in [-0.39, 0.29) is 11.5 Å². The molecule has 1 unspecified atom stereocenters. The Hall–Kier alpha value is -2.86. The van der Waals surface area contributed by atoms with E-state index in [0.717, 1.165) is 39.4 Å². The number of carbonyl (C=O) groups is 1. The summed E-state index contributed by atoms with van der Waals surface area (Å²) in [7, 11) is 0. The molecule has 3 rings (SSSR count). The van der Waals surface area contributed by atoms with Gasteiger partial charge in [-0.1, -0.05) is 51.1 Å². The van der Waals surface area contributed by atoms with Crippen LogP contribution in [0.4, 0.5) is 0 Å². The van der Waals surface area contributed by atoms with Gasteiger partial charge in [-0.2, -0.15) is 0 Å². The van der Waals surface area contributed by atoms with Crippen LogP contribution in [0.2, 0.25) is 0 Å². The van der Waals surface area contributed by atoms with E-state index < -0.39 is 12.1 Å². The lowest BCUT2D eigenvalue weighted by Gasteiger charge is -2.18. The van der Waals surface area contributed by atoms with Gasteiger partial charge in [-0.3, -0.25) is 0 Å². The number of carboxylic acids is 1. The summed E-state index contributed by atoms with van der Waals surface area (Å²) in [6, 6.07) is 11.7. The van der Waals surface area contributed by atoms with Crippen LogP contribution < -0.4 is 4.74 Å². The molecule has 0 aliphatic rings. The first-order valence-corrected chi connectivity index (χ1v) is 11.0. The maximum atomic E-state index is 11.6. The van der Waals surface area contributed by atoms with Crippen molar-refractivity contribution in [2.24, 2.45) is 0 Å². The van der Waals surface area contributed by atoms with Crippen molar-refractivity contribution >= 4 is 16.7 Å². The fraction of sp³-hybridized carbons (Fsp3) is 0.462. The minimum atomic E-state index is -0.958.